The lowest BCUT2D eigenvalue weighted by Crippen LogP contribution is -2.00. The highest BCUT2D eigenvalue weighted by Crippen LogP contribution is 2.23. The predicted octanol–water partition coefficient (Wildman–Crippen LogP) is 3.58. The second kappa shape index (κ2) is 5.30. The van der Waals surface area contributed by atoms with Gasteiger partial charge in [0, 0.05) is 22.7 Å². The van der Waals surface area contributed by atoms with Crippen LogP contribution in [-0.2, 0) is 0 Å². The first kappa shape index (κ1) is 12.6. The minimum Gasteiger partial charge on any atom is -0.286 e. The number of rotatable bonds is 3. The molecular weight excluding hydrogens is 275 g/mol. The molecule has 0 aliphatic carbocycles. The monoisotopic (exact) mass is 284 g/mol. The van der Waals surface area contributed by atoms with Crippen molar-refractivity contribution in [1.29, 1.82) is 0 Å². The first-order valence-electron chi connectivity index (χ1n) is 5.90. The van der Waals surface area contributed by atoms with Crippen LogP contribution in [0, 0.1) is 5.82 Å². The topological polar surface area (TPSA) is 42.9 Å². The van der Waals surface area contributed by atoms with Gasteiger partial charge in [0.25, 0.3) is 0 Å². The molecule has 0 unspecified atom stereocenters. The summed E-state index contributed by atoms with van der Waals surface area (Å²) in [5, 5.41) is 2.11. The molecule has 0 radical (unpaired) electrons. The van der Waals surface area contributed by atoms with Gasteiger partial charge in [-0.1, -0.05) is 30.3 Å². The third kappa shape index (κ3) is 2.48. The SMILES string of the molecule is O=C(c1ccccc1)c1nc(-c2cncc(F)c2)cs1. The largest absolute Gasteiger partial charge is 0.286 e. The Bertz CT molecular complexity index is 755. The standard InChI is InChI=1S/C15H9FN2OS/c16-12-6-11(7-17-8-12)13-9-20-15(18-13)14(19)10-4-2-1-3-5-10/h1-9H. The van der Waals surface area contributed by atoms with Gasteiger partial charge in [0.15, 0.2) is 5.01 Å². The summed E-state index contributed by atoms with van der Waals surface area (Å²) in [5.41, 5.74) is 1.71. The summed E-state index contributed by atoms with van der Waals surface area (Å²) in [5.74, 6) is -0.558. The molecule has 0 saturated carbocycles. The number of halogens is 1. The highest BCUT2D eigenvalue weighted by Gasteiger charge is 2.14. The van der Waals surface area contributed by atoms with E-state index in [4.69, 9.17) is 0 Å². The van der Waals surface area contributed by atoms with Crippen LogP contribution >= 0.6 is 11.3 Å². The molecule has 2 heterocycles. The molecule has 1 aromatic carbocycles. The summed E-state index contributed by atoms with van der Waals surface area (Å²) >= 11 is 1.24. The molecule has 0 aliphatic rings. The molecule has 98 valence electrons. The quantitative estimate of drug-likeness (QED) is 0.690. The van der Waals surface area contributed by atoms with Gasteiger partial charge < -0.3 is 0 Å². The van der Waals surface area contributed by atoms with Gasteiger partial charge in [0.2, 0.25) is 5.78 Å². The number of nitrogens with zero attached hydrogens (tertiary/aromatic N) is 2. The fourth-order valence-corrected chi connectivity index (χ4v) is 2.56. The molecule has 0 aliphatic heterocycles. The fourth-order valence-electron chi connectivity index (χ4n) is 1.78. The molecule has 0 fully saturated rings. The van der Waals surface area contributed by atoms with Crippen molar-refractivity contribution in [3.05, 3.63) is 70.6 Å². The second-order valence-corrected chi connectivity index (χ2v) is 4.98. The lowest BCUT2D eigenvalue weighted by molar-refractivity contribution is 0.103. The zero-order chi connectivity index (χ0) is 13.9. The summed E-state index contributed by atoms with van der Waals surface area (Å²) in [6.07, 6.45) is 2.65. The van der Waals surface area contributed by atoms with E-state index in [0.29, 0.717) is 21.8 Å². The number of aromatic nitrogens is 2. The number of hydrogen-bond donors (Lipinski definition) is 0. The van der Waals surface area contributed by atoms with Crippen molar-refractivity contribution in [3.8, 4) is 11.3 Å². The maximum atomic E-state index is 13.1. The van der Waals surface area contributed by atoms with Gasteiger partial charge in [-0.05, 0) is 6.07 Å². The first-order chi connectivity index (χ1) is 9.74. The van der Waals surface area contributed by atoms with E-state index in [1.165, 1.54) is 23.6 Å². The van der Waals surface area contributed by atoms with Gasteiger partial charge in [0.05, 0.1) is 11.9 Å². The van der Waals surface area contributed by atoms with Crippen LogP contribution in [0.1, 0.15) is 15.4 Å². The van der Waals surface area contributed by atoms with Crippen molar-refractivity contribution in [2.75, 3.05) is 0 Å². The molecule has 3 rings (SSSR count). The molecule has 2 aromatic heterocycles. The number of hydrogen-bond acceptors (Lipinski definition) is 4. The Balaban J connectivity index is 1.93. The van der Waals surface area contributed by atoms with Crippen molar-refractivity contribution in [2.24, 2.45) is 0 Å². The average molecular weight is 284 g/mol. The van der Waals surface area contributed by atoms with Crippen molar-refractivity contribution in [1.82, 2.24) is 9.97 Å². The summed E-state index contributed by atoms with van der Waals surface area (Å²) in [7, 11) is 0. The molecule has 0 atom stereocenters. The fraction of sp³-hybridized carbons (Fsp3) is 0. The summed E-state index contributed by atoms with van der Waals surface area (Å²) in [4.78, 5) is 20.3. The Morgan fingerprint density at radius 2 is 1.95 bits per heavy atom. The smallest absolute Gasteiger partial charge is 0.221 e. The Labute approximate surface area is 118 Å². The van der Waals surface area contributed by atoms with E-state index in [1.54, 1.807) is 29.6 Å². The zero-order valence-corrected chi connectivity index (χ0v) is 11.1. The Morgan fingerprint density at radius 1 is 1.15 bits per heavy atom. The predicted molar refractivity (Wildman–Crippen MR) is 75.2 cm³/mol. The van der Waals surface area contributed by atoms with Crippen LogP contribution in [0.3, 0.4) is 0 Å². The number of carbonyl (C=O) groups excluding carboxylic acids is 1. The lowest BCUT2D eigenvalue weighted by atomic mass is 10.1. The third-order valence-electron chi connectivity index (χ3n) is 2.74. The number of ketones is 1. The van der Waals surface area contributed by atoms with E-state index in [1.807, 2.05) is 6.07 Å². The van der Waals surface area contributed by atoms with E-state index in [-0.39, 0.29) is 5.78 Å². The van der Waals surface area contributed by atoms with Crippen LogP contribution in [0.5, 0.6) is 0 Å². The lowest BCUT2D eigenvalue weighted by Gasteiger charge is -1.97. The second-order valence-electron chi connectivity index (χ2n) is 4.12. The van der Waals surface area contributed by atoms with Crippen LogP contribution in [0.2, 0.25) is 0 Å². The average Bonchev–Trinajstić information content (AvgIpc) is 2.97. The van der Waals surface area contributed by atoms with Gasteiger partial charge >= 0.3 is 0 Å². The van der Waals surface area contributed by atoms with E-state index in [2.05, 4.69) is 9.97 Å². The maximum absolute atomic E-state index is 13.1. The van der Waals surface area contributed by atoms with Crippen LogP contribution in [-0.4, -0.2) is 15.8 Å². The Kier molecular flexibility index (Phi) is 3.35. The molecule has 3 nitrogen and oxygen atoms in total. The molecule has 5 heteroatoms. The zero-order valence-electron chi connectivity index (χ0n) is 10.3. The van der Waals surface area contributed by atoms with E-state index in [0.717, 1.165) is 6.20 Å². The third-order valence-corrected chi connectivity index (χ3v) is 3.58. The molecule has 3 aromatic rings. The molecular formula is C15H9FN2OS. The van der Waals surface area contributed by atoms with Gasteiger partial charge in [-0.2, -0.15) is 0 Å². The Hall–Kier alpha value is -2.40. The van der Waals surface area contributed by atoms with Crippen molar-refractivity contribution >= 4 is 17.1 Å². The van der Waals surface area contributed by atoms with Crippen molar-refractivity contribution in [3.63, 3.8) is 0 Å². The van der Waals surface area contributed by atoms with Gasteiger partial charge in [-0.15, -0.1) is 11.3 Å². The summed E-state index contributed by atoms with van der Waals surface area (Å²) in [6, 6.07) is 10.3. The van der Waals surface area contributed by atoms with Crippen LogP contribution < -0.4 is 0 Å². The molecule has 0 amide bonds. The van der Waals surface area contributed by atoms with E-state index >= 15 is 0 Å². The highest BCUT2D eigenvalue weighted by molar-refractivity contribution is 7.12. The molecule has 0 bridgehead atoms. The minimum atomic E-state index is -0.425. The normalized spacial score (nSPS) is 10.4. The Morgan fingerprint density at radius 3 is 2.70 bits per heavy atom. The maximum Gasteiger partial charge on any atom is 0.221 e. The molecule has 0 saturated heterocycles. The van der Waals surface area contributed by atoms with Gasteiger partial charge in [0.1, 0.15) is 5.82 Å². The molecule has 20 heavy (non-hydrogen) atoms. The number of carbonyl (C=O) groups is 1. The van der Waals surface area contributed by atoms with Gasteiger partial charge in [-0.25, -0.2) is 9.37 Å². The summed E-state index contributed by atoms with van der Waals surface area (Å²) in [6.45, 7) is 0. The number of pyridine rings is 1. The highest BCUT2D eigenvalue weighted by atomic mass is 32.1. The number of benzene rings is 1. The first-order valence-corrected chi connectivity index (χ1v) is 6.78. The summed E-state index contributed by atoms with van der Waals surface area (Å²) < 4.78 is 13.1. The van der Waals surface area contributed by atoms with Crippen molar-refractivity contribution in [2.45, 2.75) is 0 Å². The van der Waals surface area contributed by atoms with Gasteiger partial charge in [-0.3, -0.25) is 9.78 Å². The number of thiazole rings is 1. The van der Waals surface area contributed by atoms with Crippen molar-refractivity contribution < 1.29 is 9.18 Å². The van der Waals surface area contributed by atoms with E-state index in [9.17, 15) is 9.18 Å². The minimum absolute atomic E-state index is 0.133. The molecule has 0 spiro atoms. The van der Waals surface area contributed by atoms with Crippen LogP contribution in [0.4, 0.5) is 4.39 Å². The van der Waals surface area contributed by atoms with E-state index < -0.39 is 5.82 Å². The van der Waals surface area contributed by atoms with Crippen LogP contribution in [0.25, 0.3) is 11.3 Å². The van der Waals surface area contributed by atoms with Crippen LogP contribution in [0.15, 0.2) is 54.2 Å². The molecule has 0 N–H and O–H groups in total.